The Labute approximate surface area is 120 Å². The molecule has 1 saturated heterocycles. The quantitative estimate of drug-likeness (QED) is 0.871. The molecule has 2 rings (SSSR count). The maximum absolute atomic E-state index is 12.5. The summed E-state index contributed by atoms with van der Waals surface area (Å²) in [6.07, 6.45) is 2.55. The number of carbonyl (C=O) groups excluding carboxylic acids is 1. The van der Waals surface area contributed by atoms with Crippen molar-refractivity contribution in [2.45, 2.75) is 13.0 Å². The average molecular weight is 297 g/mol. The first-order valence-electron chi connectivity index (χ1n) is 5.97. The van der Waals surface area contributed by atoms with E-state index in [4.69, 9.17) is 5.11 Å². The summed E-state index contributed by atoms with van der Waals surface area (Å²) in [5.41, 5.74) is 0.683. The first-order chi connectivity index (χ1) is 9.09. The normalized spacial score (nSPS) is 19.8. The van der Waals surface area contributed by atoms with E-state index >= 15 is 0 Å². The van der Waals surface area contributed by atoms with E-state index in [1.807, 2.05) is 29.0 Å². The average Bonchev–Trinajstić information content (AvgIpc) is 2.84. The monoisotopic (exact) mass is 297 g/mol. The molecule has 1 aliphatic heterocycles. The fraction of sp³-hybridized carbons (Fsp3) is 0.385. The Hall–Kier alpha value is -1.27. The van der Waals surface area contributed by atoms with Crippen molar-refractivity contribution in [3.8, 4) is 0 Å². The van der Waals surface area contributed by atoms with Gasteiger partial charge >= 0.3 is 5.97 Å². The first-order valence-corrected chi connectivity index (χ1v) is 8.00. The summed E-state index contributed by atoms with van der Waals surface area (Å²) in [4.78, 5) is 25.5. The van der Waals surface area contributed by atoms with Crippen LogP contribution in [0.4, 0.5) is 0 Å². The number of carboxylic acids is 1. The zero-order valence-corrected chi connectivity index (χ0v) is 12.2. The highest BCUT2D eigenvalue weighted by Gasteiger charge is 2.26. The van der Waals surface area contributed by atoms with Crippen LogP contribution in [0.3, 0.4) is 0 Å². The van der Waals surface area contributed by atoms with E-state index in [0.29, 0.717) is 10.4 Å². The van der Waals surface area contributed by atoms with Crippen LogP contribution in [0, 0.1) is 0 Å². The lowest BCUT2D eigenvalue weighted by atomic mass is 10.2. The second-order valence-electron chi connectivity index (χ2n) is 4.30. The van der Waals surface area contributed by atoms with E-state index < -0.39 is 5.97 Å². The summed E-state index contributed by atoms with van der Waals surface area (Å²) in [7, 11) is 0. The zero-order chi connectivity index (χ0) is 13.8. The molecule has 1 N–H and O–H groups in total. The predicted molar refractivity (Wildman–Crippen MR) is 78.8 cm³/mol. The van der Waals surface area contributed by atoms with Gasteiger partial charge in [-0.1, -0.05) is 0 Å². The lowest BCUT2D eigenvalue weighted by Crippen LogP contribution is -2.44. The third-order valence-electron chi connectivity index (χ3n) is 2.92. The molecule has 1 aromatic rings. The van der Waals surface area contributed by atoms with E-state index in [1.54, 1.807) is 6.07 Å². The van der Waals surface area contributed by atoms with Crippen molar-refractivity contribution in [1.29, 1.82) is 0 Å². The van der Waals surface area contributed by atoms with E-state index in [9.17, 15) is 9.59 Å². The minimum Gasteiger partial charge on any atom is -0.478 e. The molecule has 1 unspecified atom stereocenters. The van der Waals surface area contributed by atoms with Crippen molar-refractivity contribution in [3.63, 3.8) is 0 Å². The van der Waals surface area contributed by atoms with Crippen LogP contribution in [0.2, 0.25) is 0 Å². The van der Waals surface area contributed by atoms with Crippen molar-refractivity contribution in [2.24, 2.45) is 0 Å². The van der Waals surface area contributed by atoms with Gasteiger partial charge in [-0.05, 0) is 30.0 Å². The Kier molecular flexibility index (Phi) is 4.66. The van der Waals surface area contributed by atoms with Crippen molar-refractivity contribution in [1.82, 2.24) is 4.90 Å². The maximum Gasteiger partial charge on any atom is 0.328 e. The molecule has 102 valence electrons. The SMILES string of the molecule is CC1CSCCN1C(=O)c1sccc1C=CC(=O)O. The van der Waals surface area contributed by atoms with Crippen LogP contribution < -0.4 is 0 Å². The maximum atomic E-state index is 12.5. The van der Waals surface area contributed by atoms with Crippen LogP contribution >= 0.6 is 23.1 Å². The molecule has 4 nitrogen and oxygen atoms in total. The lowest BCUT2D eigenvalue weighted by Gasteiger charge is -2.32. The standard InChI is InChI=1S/C13H15NO3S2/c1-9-8-18-7-5-14(9)13(17)12-10(4-6-19-12)2-3-11(15)16/h2-4,6,9H,5,7-8H2,1H3,(H,15,16). The molecule has 0 saturated carbocycles. The van der Waals surface area contributed by atoms with Gasteiger partial charge in [0.15, 0.2) is 0 Å². The summed E-state index contributed by atoms with van der Waals surface area (Å²) in [6.45, 7) is 2.80. The molecule has 2 heterocycles. The van der Waals surface area contributed by atoms with Gasteiger partial charge in [0.2, 0.25) is 0 Å². The Bertz CT molecular complexity index is 510. The van der Waals surface area contributed by atoms with Crippen molar-refractivity contribution < 1.29 is 14.7 Å². The third kappa shape index (κ3) is 3.39. The largest absolute Gasteiger partial charge is 0.478 e. The number of hydrogen-bond donors (Lipinski definition) is 1. The molecule has 0 spiro atoms. The highest BCUT2D eigenvalue weighted by molar-refractivity contribution is 7.99. The van der Waals surface area contributed by atoms with Gasteiger partial charge in [0.05, 0.1) is 4.88 Å². The molecule has 1 aromatic heterocycles. The summed E-state index contributed by atoms with van der Waals surface area (Å²) in [6, 6.07) is 2.01. The van der Waals surface area contributed by atoms with Gasteiger partial charge in [0.1, 0.15) is 0 Å². The number of thioether (sulfide) groups is 1. The molecule has 0 bridgehead atoms. The summed E-state index contributed by atoms with van der Waals surface area (Å²) in [5.74, 6) is 0.916. The molecular weight excluding hydrogens is 282 g/mol. The lowest BCUT2D eigenvalue weighted by molar-refractivity contribution is -0.131. The molecule has 1 atom stereocenters. The van der Waals surface area contributed by atoms with Crippen LogP contribution in [-0.4, -0.2) is 46.0 Å². The van der Waals surface area contributed by atoms with Crippen LogP contribution in [0.15, 0.2) is 17.5 Å². The van der Waals surface area contributed by atoms with E-state index in [0.717, 1.165) is 24.1 Å². The van der Waals surface area contributed by atoms with Gasteiger partial charge in [-0.2, -0.15) is 11.8 Å². The minimum atomic E-state index is -1.01. The van der Waals surface area contributed by atoms with Crippen molar-refractivity contribution in [2.75, 3.05) is 18.1 Å². The zero-order valence-electron chi connectivity index (χ0n) is 10.5. The molecule has 6 heteroatoms. The van der Waals surface area contributed by atoms with Gasteiger partial charge < -0.3 is 10.0 Å². The number of rotatable bonds is 3. The highest BCUT2D eigenvalue weighted by Crippen LogP contribution is 2.24. The van der Waals surface area contributed by atoms with Gasteiger partial charge in [-0.25, -0.2) is 4.79 Å². The van der Waals surface area contributed by atoms with E-state index in [-0.39, 0.29) is 11.9 Å². The minimum absolute atomic E-state index is 0.00726. The number of hydrogen-bond acceptors (Lipinski definition) is 4. The smallest absolute Gasteiger partial charge is 0.328 e. The fourth-order valence-electron chi connectivity index (χ4n) is 1.94. The predicted octanol–water partition coefficient (Wildman–Crippen LogP) is 2.42. The number of nitrogens with zero attached hydrogens (tertiary/aromatic N) is 1. The first kappa shape index (κ1) is 14.1. The summed E-state index contributed by atoms with van der Waals surface area (Å²) < 4.78 is 0. The number of carbonyl (C=O) groups is 2. The topological polar surface area (TPSA) is 57.6 Å². The van der Waals surface area contributed by atoms with Crippen molar-refractivity contribution in [3.05, 3.63) is 28.0 Å². The van der Waals surface area contributed by atoms with Crippen LogP contribution in [0.1, 0.15) is 22.2 Å². The Balaban J connectivity index is 2.19. The highest BCUT2D eigenvalue weighted by atomic mass is 32.2. The number of carboxylic acid groups (broad SMARTS) is 1. The summed E-state index contributed by atoms with van der Waals surface area (Å²) in [5, 5.41) is 10.5. The molecule has 0 radical (unpaired) electrons. The third-order valence-corrected chi connectivity index (χ3v) is 5.03. The molecule has 1 amide bonds. The molecule has 1 aliphatic rings. The molecule has 0 aromatic carbocycles. The van der Waals surface area contributed by atoms with E-state index in [1.165, 1.54) is 17.4 Å². The van der Waals surface area contributed by atoms with Crippen LogP contribution in [-0.2, 0) is 4.79 Å². The number of aliphatic carboxylic acids is 1. The van der Waals surface area contributed by atoms with Crippen molar-refractivity contribution >= 4 is 41.1 Å². The van der Waals surface area contributed by atoms with Gasteiger partial charge in [-0.3, -0.25) is 4.79 Å². The Morgan fingerprint density at radius 1 is 1.53 bits per heavy atom. The fourth-order valence-corrected chi connectivity index (χ4v) is 3.80. The summed E-state index contributed by atoms with van der Waals surface area (Å²) >= 11 is 3.22. The Morgan fingerprint density at radius 2 is 2.32 bits per heavy atom. The van der Waals surface area contributed by atoms with Gasteiger partial charge in [0.25, 0.3) is 5.91 Å². The molecule has 1 fully saturated rings. The second kappa shape index (κ2) is 6.25. The molecular formula is C13H15NO3S2. The Morgan fingerprint density at radius 3 is 3.00 bits per heavy atom. The second-order valence-corrected chi connectivity index (χ2v) is 6.37. The van der Waals surface area contributed by atoms with Crippen LogP contribution in [0.5, 0.6) is 0 Å². The molecule has 0 aliphatic carbocycles. The number of amides is 1. The molecule has 19 heavy (non-hydrogen) atoms. The van der Waals surface area contributed by atoms with Gasteiger partial charge in [0, 0.05) is 30.2 Å². The number of thiophene rings is 1. The van der Waals surface area contributed by atoms with E-state index in [2.05, 4.69) is 0 Å². The van der Waals surface area contributed by atoms with Crippen LogP contribution in [0.25, 0.3) is 6.08 Å². The van der Waals surface area contributed by atoms with Gasteiger partial charge in [-0.15, -0.1) is 11.3 Å².